The van der Waals surface area contributed by atoms with E-state index in [1.165, 1.54) is 31.4 Å². The minimum absolute atomic E-state index is 0.441. The van der Waals surface area contributed by atoms with Crippen molar-refractivity contribution < 1.29 is 0 Å². The molecule has 1 aromatic rings. The van der Waals surface area contributed by atoms with Gasteiger partial charge in [0.1, 0.15) is 0 Å². The number of aromatic nitrogens is 2. The van der Waals surface area contributed by atoms with Crippen LogP contribution in [0.25, 0.3) is 0 Å². The van der Waals surface area contributed by atoms with Crippen LogP contribution in [0.3, 0.4) is 0 Å². The van der Waals surface area contributed by atoms with E-state index in [4.69, 9.17) is 0 Å². The molecule has 1 N–H and O–H groups in total. The minimum Gasteiger partial charge on any atom is -0.308 e. The third-order valence-corrected chi connectivity index (χ3v) is 4.78. The Morgan fingerprint density at radius 3 is 2.74 bits per heavy atom. The van der Waals surface area contributed by atoms with Gasteiger partial charge in [-0.05, 0) is 49.6 Å². The number of rotatable bonds is 5. The maximum Gasteiger partial charge on any atom is 0.0796 e. The van der Waals surface area contributed by atoms with Gasteiger partial charge in [0.2, 0.25) is 0 Å². The van der Waals surface area contributed by atoms with E-state index in [0.717, 1.165) is 24.3 Å². The van der Waals surface area contributed by atoms with Gasteiger partial charge in [-0.15, -0.1) is 0 Å². The lowest BCUT2D eigenvalue weighted by atomic mass is 9.72. The molecule has 4 atom stereocenters. The predicted octanol–water partition coefficient (Wildman–Crippen LogP) is 3.53. The van der Waals surface area contributed by atoms with Gasteiger partial charge in [0.25, 0.3) is 0 Å². The third-order valence-electron chi connectivity index (χ3n) is 4.78. The predicted molar refractivity (Wildman–Crippen MR) is 79.9 cm³/mol. The van der Waals surface area contributed by atoms with Gasteiger partial charge < -0.3 is 5.32 Å². The molecular weight excluding hydrogens is 234 g/mol. The number of aryl methyl sites for hydroxylation is 1. The zero-order valence-electron chi connectivity index (χ0n) is 12.9. The number of nitrogens with zero attached hydrogens (tertiary/aromatic N) is 2. The SMILES string of the molecule is CCCNC(c1ccn(C)n1)C1CCC(C)C(C)C1. The number of hydrogen-bond acceptors (Lipinski definition) is 2. The van der Waals surface area contributed by atoms with E-state index in [9.17, 15) is 0 Å². The third kappa shape index (κ3) is 3.59. The highest BCUT2D eigenvalue weighted by molar-refractivity contribution is 5.08. The van der Waals surface area contributed by atoms with Gasteiger partial charge in [0.15, 0.2) is 0 Å². The molecule has 0 bridgehead atoms. The topological polar surface area (TPSA) is 29.9 Å². The van der Waals surface area contributed by atoms with Crippen LogP contribution in [0, 0.1) is 17.8 Å². The van der Waals surface area contributed by atoms with E-state index < -0.39 is 0 Å². The molecule has 0 saturated heterocycles. The smallest absolute Gasteiger partial charge is 0.0796 e. The molecule has 0 radical (unpaired) electrons. The highest BCUT2D eigenvalue weighted by atomic mass is 15.3. The maximum atomic E-state index is 4.64. The Morgan fingerprint density at radius 2 is 2.16 bits per heavy atom. The van der Waals surface area contributed by atoms with Gasteiger partial charge >= 0.3 is 0 Å². The summed E-state index contributed by atoms with van der Waals surface area (Å²) in [5.41, 5.74) is 1.22. The first-order valence-corrected chi connectivity index (χ1v) is 7.84. The van der Waals surface area contributed by atoms with Crippen molar-refractivity contribution >= 4 is 0 Å². The normalized spacial score (nSPS) is 29.4. The summed E-state index contributed by atoms with van der Waals surface area (Å²) < 4.78 is 1.92. The molecular formula is C16H29N3. The molecule has 1 heterocycles. The standard InChI is InChI=1S/C16H29N3/c1-5-9-17-16(15-8-10-19(4)18-15)14-7-6-12(2)13(3)11-14/h8,10,12-14,16-17H,5-7,9,11H2,1-4H3. The second kappa shape index (κ2) is 6.56. The molecule has 4 unspecified atom stereocenters. The van der Waals surface area contributed by atoms with Crippen molar-refractivity contribution in [3.8, 4) is 0 Å². The molecule has 0 aliphatic heterocycles. The zero-order chi connectivity index (χ0) is 13.8. The average Bonchev–Trinajstić information content (AvgIpc) is 2.80. The fourth-order valence-corrected chi connectivity index (χ4v) is 3.30. The molecule has 3 heteroatoms. The Bertz CT molecular complexity index is 385. The Kier molecular flexibility index (Phi) is 5.03. The van der Waals surface area contributed by atoms with E-state index >= 15 is 0 Å². The van der Waals surface area contributed by atoms with Crippen molar-refractivity contribution in [2.24, 2.45) is 24.8 Å². The maximum absolute atomic E-state index is 4.64. The monoisotopic (exact) mass is 263 g/mol. The van der Waals surface area contributed by atoms with Crippen LogP contribution < -0.4 is 5.32 Å². The summed E-state index contributed by atoms with van der Waals surface area (Å²) in [7, 11) is 2.01. The second-order valence-electron chi connectivity index (χ2n) is 6.37. The van der Waals surface area contributed by atoms with Gasteiger partial charge in [-0.3, -0.25) is 4.68 Å². The van der Waals surface area contributed by atoms with E-state index in [1.807, 2.05) is 11.7 Å². The van der Waals surface area contributed by atoms with Crippen LogP contribution in [-0.4, -0.2) is 16.3 Å². The number of nitrogens with one attached hydrogen (secondary N) is 1. The van der Waals surface area contributed by atoms with Gasteiger partial charge in [-0.1, -0.05) is 27.2 Å². The molecule has 2 rings (SSSR count). The molecule has 19 heavy (non-hydrogen) atoms. The summed E-state index contributed by atoms with van der Waals surface area (Å²) in [6, 6.07) is 2.62. The lowest BCUT2D eigenvalue weighted by molar-refractivity contribution is 0.169. The van der Waals surface area contributed by atoms with Crippen molar-refractivity contribution in [3.05, 3.63) is 18.0 Å². The molecule has 3 nitrogen and oxygen atoms in total. The van der Waals surface area contributed by atoms with Crippen LogP contribution >= 0.6 is 0 Å². The largest absolute Gasteiger partial charge is 0.308 e. The summed E-state index contributed by atoms with van der Waals surface area (Å²) >= 11 is 0. The lowest BCUT2D eigenvalue weighted by Crippen LogP contribution is -2.34. The highest BCUT2D eigenvalue weighted by Gasteiger charge is 2.31. The lowest BCUT2D eigenvalue weighted by Gasteiger charge is -2.36. The van der Waals surface area contributed by atoms with Crippen molar-refractivity contribution in [3.63, 3.8) is 0 Å². The second-order valence-corrected chi connectivity index (χ2v) is 6.37. The molecule has 0 aromatic carbocycles. The van der Waals surface area contributed by atoms with E-state index in [2.05, 4.69) is 43.4 Å². The first-order chi connectivity index (χ1) is 9.11. The average molecular weight is 263 g/mol. The van der Waals surface area contributed by atoms with E-state index in [-0.39, 0.29) is 0 Å². The Morgan fingerprint density at radius 1 is 1.37 bits per heavy atom. The zero-order valence-corrected chi connectivity index (χ0v) is 12.9. The summed E-state index contributed by atoms with van der Waals surface area (Å²) in [6.45, 7) is 8.12. The molecule has 0 spiro atoms. The van der Waals surface area contributed by atoms with Crippen LogP contribution in [0.5, 0.6) is 0 Å². The van der Waals surface area contributed by atoms with Crippen LogP contribution in [0.4, 0.5) is 0 Å². The minimum atomic E-state index is 0.441. The highest BCUT2D eigenvalue weighted by Crippen LogP contribution is 2.39. The summed E-state index contributed by atoms with van der Waals surface area (Å²) in [5.74, 6) is 2.47. The Balaban J connectivity index is 2.09. The molecule has 1 fully saturated rings. The summed E-state index contributed by atoms with van der Waals surface area (Å²) in [4.78, 5) is 0. The molecule has 108 valence electrons. The Hall–Kier alpha value is -0.830. The van der Waals surface area contributed by atoms with E-state index in [0.29, 0.717) is 6.04 Å². The van der Waals surface area contributed by atoms with Gasteiger partial charge in [0, 0.05) is 13.2 Å². The summed E-state index contributed by atoms with van der Waals surface area (Å²) in [6.07, 6.45) is 7.28. The molecule has 1 aliphatic rings. The molecule has 1 aromatic heterocycles. The van der Waals surface area contributed by atoms with Crippen molar-refractivity contribution in [1.29, 1.82) is 0 Å². The summed E-state index contributed by atoms with van der Waals surface area (Å²) in [5, 5.41) is 8.37. The van der Waals surface area contributed by atoms with Crippen molar-refractivity contribution in [2.75, 3.05) is 6.54 Å². The van der Waals surface area contributed by atoms with E-state index in [1.54, 1.807) is 0 Å². The quantitative estimate of drug-likeness (QED) is 0.880. The van der Waals surface area contributed by atoms with Crippen LogP contribution in [0.1, 0.15) is 58.2 Å². The molecule has 0 amide bonds. The van der Waals surface area contributed by atoms with Crippen LogP contribution in [-0.2, 0) is 7.05 Å². The van der Waals surface area contributed by atoms with Crippen molar-refractivity contribution in [2.45, 2.75) is 52.5 Å². The first kappa shape index (κ1) is 14.6. The molecule has 1 saturated carbocycles. The Labute approximate surface area is 117 Å². The van der Waals surface area contributed by atoms with Crippen LogP contribution in [0.2, 0.25) is 0 Å². The van der Waals surface area contributed by atoms with Crippen LogP contribution in [0.15, 0.2) is 12.3 Å². The van der Waals surface area contributed by atoms with Gasteiger partial charge in [-0.25, -0.2) is 0 Å². The number of hydrogen-bond donors (Lipinski definition) is 1. The fourth-order valence-electron chi connectivity index (χ4n) is 3.30. The fraction of sp³-hybridized carbons (Fsp3) is 0.812. The van der Waals surface area contributed by atoms with Gasteiger partial charge in [0.05, 0.1) is 11.7 Å². The first-order valence-electron chi connectivity index (χ1n) is 7.84. The van der Waals surface area contributed by atoms with Gasteiger partial charge in [-0.2, -0.15) is 5.10 Å². The molecule has 1 aliphatic carbocycles. The van der Waals surface area contributed by atoms with Crippen molar-refractivity contribution in [1.82, 2.24) is 15.1 Å².